The maximum Gasteiger partial charge on any atom is 0.333 e. The van der Waals surface area contributed by atoms with Gasteiger partial charge >= 0.3 is 6.03 Å². The lowest BCUT2D eigenvalue weighted by atomic mass is 10.1. The van der Waals surface area contributed by atoms with Crippen molar-refractivity contribution >= 4 is 51.2 Å². The highest BCUT2D eigenvalue weighted by molar-refractivity contribution is 9.10. The van der Waals surface area contributed by atoms with Crippen LogP contribution in [0.25, 0.3) is 6.08 Å². The van der Waals surface area contributed by atoms with Gasteiger partial charge in [0.25, 0.3) is 5.91 Å². The summed E-state index contributed by atoms with van der Waals surface area (Å²) in [5.74, 6) is -0.513. The maximum absolute atomic E-state index is 12.5. The summed E-state index contributed by atoms with van der Waals surface area (Å²) < 4.78 is 0.741. The Balaban J connectivity index is 1.98. The van der Waals surface area contributed by atoms with Crippen LogP contribution in [-0.4, -0.2) is 17.0 Å². The number of hydrogen-bond acceptors (Lipinski definition) is 3. The largest absolute Gasteiger partial charge is 0.507 e. The average Bonchev–Trinajstić information content (AvgIpc) is 2.77. The molecule has 1 aliphatic rings. The lowest BCUT2D eigenvalue weighted by Crippen LogP contribution is -2.30. The predicted molar refractivity (Wildman–Crippen MR) is 91.3 cm³/mol. The van der Waals surface area contributed by atoms with E-state index in [0.29, 0.717) is 16.3 Å². The molecule has 0 saturated carbocycles. The van der Waals surface area contributed by atoms with Gasteiger partial charge in [0.15, 0.2) is 0 Å². The number of halogens is 2. The van der Waals surface area contributed by atoms with Crippen molar-refractivity contribution in [2.45, 2.75) is 0 Å². The van der Waals surface area contributed by atoms with E-state index in [4.69, 9.17) is 11.6 Å². The molecule has 7 heteroatoms. The zero-order valence-electron chi connectivity index (χ0n) is 11.6. The molecule has 0 aromatic heterocycles. The molecule has 2 aromatic rings. The molecule has 1 heterocycles. The smallest absolute Gasteiger partial charge is 0.333 e. The Labute approximate surface area is 145 Å². The highest BCUT2D eigenvalue weighted by atomic mass is 79.9. The van der Waals surface area contributed by atoms with E-state index < -0.39 is 11.9 Å². The average molecular weight is 394 g/mol. The van der Waals surface area contributed by atoms with E-state index in [2.05, 4.69) is 21.2 Å². The number of imide groups is 1. The van der Waals surface area contributed by atoms with E-state index in [1.54, 1.807) is 30.3 Å². The lowest BCUT2D eigenvalue weighted by Gasteiger charge is -2.11. The molecule has 1 aliphatic heterocycles. The molecule has 5 nitrogen and oxygen atoms in total. The second kappa shape index (κ2) is 6.06. The van der Waals surface area contributed by atoms with E-state index in [1.165, 1.54) is 18.2 Å². The monoisotopic (exact) mass is 392 g/mol. The Morgan fingerprint density at radius 2 is 1.96 bits per heavy atom. The van der Waals surface area contributed by atoms with Gasteiger partial charge in [0.05, 0.1) is 5.69 Å². The summed E-state index contributed by atoms with van der Waals surface area (Å²) in [7, 11) is 0. The minimum Gasteiger partial charge on any atom is -0.507 e. The van der Waals surface area contributed by atoms with Gasteiger partial charge in [-0.2, -0.15) is 0 Å². The number of aromatic hydroxyl groups is 1. The first-order chi connectivity index (χ1) is 11.0. The highest BCUT2D eigenvalue weighted by Gasteiger charge is 2.35. The predicted octanol–water partition coefficient (Wildman–Crippen LogP) is 3.91. The summed E-state index contributed by atoms with van der Waals surface area (Å²) in [5, 5.41) is 12.8. The van der Waals surface area contributed by atoms with Crippen LogP contribution in [0.1, 0.15) is 5.56 Å². The van der Waals surface area contributed by atoms with E-state index in [1.807, 2.05) is 0 Å². The van der Waals surface area contributed by atoms with Gasteiger partial charge in [-0.3, -0.25) is 4.79 Å². The number of urea groups is 1. The number of anilines is 1. The van der Waals surface area contributed by atoms with Gasteiger partial charge in [-0.1, -0.05) is 33.6 Å². The van der Waals surface area contributed by atoms with E-state index >= 15 is 0 Å². The second-order valence-electron chi connectivity index (χ2n) is 4.81. The van der Waals surface area contributed by atoms with Crippen molar-refractivity contribution in [3.8, 4) is 5.75 Å². The molecule has 0 aliphatic carbocycles. The van der Waals surface area contributed by atoms with E-state index in [0.717, 1.165) is 9.37 Å². The van der Waals surface area contributed by atoms with Crippen molar-refractivity contribution in [1.82, 2.24) is 5.32 Å². The molecule has 3 rings (SSSR count). The summed E-state index contributed by atoms with van der Waals surface area (Å²) in [6, 6.07) is 10.7. The van der Waals surface area contributed by atoms with Crippen LogP contribution in [-0.2, 0) is 4.79 Å². The number of nitrogens with zero attached hydrogens (tertiary/aromatic N) is 1. The fourth-order valence-electron chi connectivity index (χ4n) is 2.18. The SMILES string of the molecule is O=C1N/C(=C\c2cc(Br)ccc2O)C(=O)N1c1cccc(Cl)c1. The standard InChI is InChI=1S/C16H10BrClN2O3/c17-10-4-5-14(21)9(6-10)7-13-15(22)20(16(23)19-13)12-3-1-2-11(18)8-12/h1-8,21H,(H,19,23)/b13-7-. The Kier molecular flexibility index (Phi) is 4.11. The van der Waals surface area contributed by atoms with E-state index in [-0.39, 0.29) is 11.4 Å². The van der Waals surface area contributed by atoms with Crippen LogP contribution >= 0.6 is 27.5 Å². The summed E-state index contributed by atoms with van der Waals surface area (Å²) in [5.41, 5.74) is 0.862. The van der Waals surface area contributed by atoms with Crippen LogP contribution in [0.2, 0.25) is 5.02 Å². The first-order valence-electron chi connectivity index (χ1n) is 6.57. The Morgan fingerprint density at radius 3 is 2.70 bits per heavy atom. The van der Waals surface area contributed by atoms with Gasteiger partial charge in [-0.05, 0) is 42.5 Å². The molecule has 0 bridgehead atoms. The van der Waals surface area contributed by atoms with Crippen molar-refractivity contribution in [2.24, 2.45) is 0 Å². The van der Waals surface area contributed by atoms with E-state index in [9.17, 15) is 14.7 Å². The molecule has 0 spiro atoms. The molecule has 116 valence electrons. The minimum absolute atomic E-state index is 0.00366. The van der Waals surface area contributed by atoms with Crippen LogP contribution in [0.5, 0.6) is 5.75 Å². The number of carbonyl (C=O) groups is 2. The third-order valence-electron chi connectivity index (χ3n) is 3.23. The van der Waals surface area contributed by atoms with Crippen LogP contribution in [0.4, 0.5) is 10.5 Å². The number of amides is 3. The van der Waals surface area contributed by atoms with Crippen LogP contribution in [0.3, 0.4) is 0 Å². The Hall–Kier alpha value is -2.31. The van der Waals surface area contributed by atoms with Gasteiger partial charge in [0.2, 0.25) is 0 Å². The Morgan fingerprint density at radius 1 is 1.17 bits per heavy atom. The van der Waals surface area contributed by atoms with Gasteiger partial charge in [0.1, 0.15) is 11.4 Å². The summed E-state index contributed by atoms with van der Waals surface area (Å²) in [4.78, 5) is 25.5. The zero-order valence-corrected chi connectivity index (χ0v) is 13.9. The van der Waals surface area contributed by atoms with Crippen molar-refractivity contribution in [2.75, 3.05) is 4.90 Å². The minimum atomic E-state index is -0.571. The van der Waals surface area contributed by atoms with Crippen LogP contribution in [0.15, 0.2) is 52.6 Å². The molecule has 0 atom stereocenters. The third kappa shape index (κ3) is 3.09. The topological polar surface area (TPSA) is 69.6 Å². The zero-order chi connectivity index (χ0) is 16.6. The molecule has 0 radical (unpaired) electrons. The normalized spacial score (nSPS) is 16.1. The van der Waals surface area contributed by atoms with Crippen molar-refractivity contribution in [1.29, 1.82) is 0 Å². The fourth-order valence-corrected chi connectivity index (χ4v) is 2.74. The van der Waals surface area contributed by atoms with Gasteiger partial charge in [0, 0.05) is 15.1 Å². The number of rotatable bonds is 2. The third-order valence-corrected chi connectivity index (χ3v) is 3.96. The lowest BCUT2D eigenvalue weighted by molar-refractivity contribution is -0.113. The molecule has 0 unspecified atom stereocenters. The highest BCUT2D eigenvalue weighted by Crippen LogP contribution is 2.28. The van der Waals surface area contributed by atoms with Crippen molar-refractivity contribution in [3.63, 3.8) is 0 Å². The van der Waals surface area contributed by atoms with Gasteiger partial charge in [-0.25, -0.2) is 9.69 Å². The first-order valence-corrected chi connectivity index (χ1v) is 7.74. The number of hydrogen-bond donors (Lipinski definition) is 2. The quantitative estimate of drug-likeness (QED) is 0.600. The molecule has 1 fully saturated rings. The second-order valence-corrected chi connectivity index (χ2v) is 6.16. The number of nitrogens with one attached hydrogen (secondary N) is 1. The van der Waals surface area contributed by atoms with Gasteiger partial charge < -0.3 is 10.4 Å². The summed E-state index contributed by atoms with van der Waals surface area (Å²) >= 11 is 9.19. The maximum atomic E-state index is 12.5. The number of phenolic OH excluding ortho intramolecular Hbond substituents is 1. The van der Waals surface area contributed by atoms with Crippen molar-refractivity contribution < 1.29 is 14.7 Å². The van der Waals surface area contributed by atoms with Crippen LogP contribution < -0.4 is 10.2 Å². The first kappa shape index (κ1) is 15.6. The van der Waals surface area contributed by atoms with Gasteiger partial charge in [-0.15, -0.1) is 0 Å². The number of phenols is 1. The molecule has 1 saturated heterocycles. The van der Waals surface area contributed by atoms with Crippen LogP contribution in [0, 0.1) is 0 Å². The molecule has 23 heavy (non-hydrogen) atoms. The molecule has 3 amide bonds. The Bertz CT molecular complexity index is 851. The molecular weight excluding hydrogens is 384 g/mol. The van der Waals surface area contributed by atoms with Crippen molar-refractivity contribution in [3.05, 3.63) is 63.2 Å². The summed E-state index contributed by atoms with van der Waals surface area (Å²) in [6.07, 6.45) is 1.42. The number of benzene rings is 2. The molecule has 2 aromatic carbocycles. The molecule has 2 N–H and O–H groups in total. The number of carbonyl (C=O) groups excluding carboxylic acids is 2. The fraction of sp³-hybridized carbons (Fsp3) is 0. The summed E-state index contributed by atoms with van der Waals surface area (Å²) in [6.45, 7) is 0. The molecular formula is C16H10BrClN2O3.